The Morgan fingerprint density at radius 1 is 1.53 bits per heavy atom. The van der Waals surface area contributed by atoms with Gasteiger partial charge in [0.2, 0.25) is 0 Å². The number of benzene rings is 1. The van der Waals surface area contributed by atoms with E-state index < -0.39 is 0 Å². The lowest BCUT2D eigenvalue weighted by Crippen LogP contribution is -2.26. The Labute approximate surface area is 87.2 Å². The van der Waals surface area contributed by atoms with Crippen LogP contribution < -0.4 is 10.5 Å². The first-order chi connectivity index (χ1) is 7.13. The smallest absolute Gasteiger partial charge is 0.145 e. The normalized spacial score (nSPS) is 13.6. The monoisotopic (exact) mass is 212 g/mol. The van der Waals surface area contributed by atoms with Gasteiger partial charge in [-0.25, -0.2) is 4.39 Å². The molecule has 0 bridgehead atoms. The van der Waals surface area contributed by atoms with Crippen molar-refractivity contribution in [1.82, 2.24) is 0 Å². The number of halogens is 1. The van der Waals surface area contributed by atoms with E-state index in [0.717, 1.165) is 0 Å². The van der Waals surface area contributed by atoms with Crippen LogP contribution in [0.3, 0.4) is 0 Å². The lowest BCUT2D eigenvalue weighted by molar-refractivity contribution is 0.279. The fourth-order valence-corrected chi connectivity index (χ4v) is 0.936. The molecule has 0 saturated heterocycles. The second kappa shape index (κ2) is 5.19. The maximum absolute atomic E-state index is 12.5. The van der Waals surface area contributed by atoms with Gasteiger partial charge in [0.15, 0.2) is 0 Å². The molecular weight excluding hydrogens is 199 g/mol. The average Bonchev–Trinajstić information content (AvgIpc) is 2.26. The summed E-state index contributed by atoms with van der Waals surface area (Å²) in [7, 11) is 0. The van der Waals surface area contributed by atoms with Gasteiger partial charge >= 0.3 is 0 Å². The fraction of sp³-hybridized carbons (Fsp3) is 0.300. The number of oxime groups is 1. The zero-order chi connectivity index (χ0) is 11.3. The topological polar surface area (TPSA) is 67.8 Å². The van der Waals surface area contributed by atoms with Crippen molar-refractivity contribution < 1.29 is 14.3 Å². The van der Waals surface area contributed by atoms with E-state index in [1.165, 1.54) is 24.3 Å². The second-order valence-corrected chi connectivity index (χ2v) is 3.19. The number of nitrogens with zero attached hydrogens (tertiary/aromatic N) is 1. The Kier molecular flexibility index (Phi) is 3.91. The highest BCUT2D eigenvalue weighted by Crippen LogP contribution is 2.12. The summed E-state index contributed by atoms with van der Waals surface area (Å²) in [6, 6.07) is 5.66. The lowest BCUT2D eigenvalue weighted by Gasteiger charge is -2.11. The van der Waals surface area contributed by atoms with Gasteiger partial charge in [-0.2, -0.15) is 0 Å². The van der Waals surface area contributed by atoms with E-state index in [0.29, 0.717) is 5.75 Å². The first kappa shape index (κ1) is 11.3. The summed E-state index contributed by atoms with van der Waals surface area (Å²) in [5.41, 5.74) is 5.36. The first-order valence-electron chi connectivity index (χ1n) is 4.49. The molecule has 0 aliphatic heterocycles. The van der Waals surface area contributed by atoms with Crippen LogP contribution in [-0.2, 0) is 0 Å². The highest BCUT2D eigenvalue weighted by molar-refractivity contribution is 5.81. The maximum Gasteiger partial charge on any atom is 0.145 e. The maximum atomic E-state index is 12.5. The molecule has 0 aliphatic carbocycles. The lowest BCUT2D eigenvalue weighted by atomic mass is 10.2. The van der Waals surface area contributed by atoms with Gasteiger partial charge in [-0.15, -0.1) is 0 Å². The summed E-state index contributed by atoms with van der Waals surface area (Å²) in [6.45, 7) is 2.04. The van der Waals surface area contributed by atoms with E-state index in [-0.39, 0.29) is 24.2 Å². The second-order valence-electron chi connectivity index (χ2n) is 3.19. The number of amidine groups is 1. The predicted octanol–water partition coefficient (Wildman–Crippen LogP) is 1.59. The Bertz CT molecular complexity index is 338. The quantitative estimate of drug-likeness (QED) is 0.344. The third-order valence-corrected chi connectivity index (χ3v) is 1.93. The van der Waals surface area contributed by atoms with Crippen LogP contribution in [0.5, 0.6) is 5.75 Å². The summed E-state index contributed by atoms with van der Waals surface area (Å²) < 4.78 is 17.8. The third kappa shape index (κ3) is 3.46. The Morgan fingerprint density at radius 3 is 2.67 bits per heavy atom. The number of ether oxygens (including phenoxy) is 1. The summed E-state index contributed by atoms with van der Waals surface area (Å²) in [4.78, 5) is 0. The number of nitrogens with two attached hydrogens (primary N) is 1. The van der Waals surface area contributed by atoms with Crippen LogP contribution in [0.25, 0.3) is 0 Å². The molecular formula is C10H13FN2O2. The van der Waals surface area contributed by atoms with Crippen molar-refractivity contribution in [2.45, 2.75) is 6.92 Å². The molecule has 0 saturated carbocycles. The molecule has 0 radical (unpaired) electrons. The van der Waals surface area contributed by atoms with Crippen LogP contribution in [0.15, 0.2) is 29.4 Å². The van der Waals surface area contributed by atoms with Crippen LogP contribution in [0.4, 0.5) is 4.39 Å². The van der Waals surface area contributed by atoms with Gasteiger partial charge in [0.05, 0.1) is 12.5 Å². The van der Waals surface area contributed by atoms with Crippen LogP contribution in [0.1, 0.15) is 6.92 Å². The molecule has 0 aromatic heterocycles. The van der Waals surface area contributed by atoms with Gasteiger partial charge in [0.1, 0.15) is 17.4 Å². The number of hydrogen-bond acceptors (Lipinski definition) is 3. The molecule has 3 N–H and O–H groups in total. The third-order valence-electron chi connectivity index (χ3n) is 1.93. The van der Waals surface area contributed by atoms with E-state index in [2.05, 4.69) is 5.16 Å². The highest BCUT2D eigenvalue weighted by Gasteiger charge is 2.08. The van der Waals surface area contributed by atoms with Crippen molar-refractivity contribution >= 4 is 5.84 Å². The van der Waals surface area contributed by atoms with E-state index in [1.807, 2.05) is 0 Å². The molecule has 0 spiro atoms. The molecule has 4 nitrogen and oxygen atoms in total. The summed E-state index contributed by atoms with van der Waals surface area (Å²) in [5, 5.41) is 11.3. The van der Waals surface area contributed by atoms with Crippen molar-refractivity contribution in [1.29, 1.82) is 0 Å². The Balaban J connectivity index is 2.47. The SMILES string of the molecule is CC(COc1ccc(F)cc1)/C(N)=N/O. The molecule has 0 heterocycles. The minimum atomic E-state index is -0.313. The van der Waals surface area contributed by atoms with E-state index in [9.17, 15) is 4.39 Å². The molecule has 5 heteroatoms. The number of rotatable bonds is 4. The molecule has 0 fully saturated rings. The van der Waals surface area contributed by atoms with Crippen molar-refractivity contribution in [2.75, 3.05) is 6.61 Å². The largest absolute Gasteiger partial charge is 0.493 e. The molecule has 0 amide bonds. The van der Waals surface area contributed by atoms with Crippen LogP contribution in [-0.4, -0.2) is 17.6 Å². The molecule has 1 unspecified atom stereocenters. The van der Waals surface area contributed by atoms with Gasteiger partial charge in [0, 0.05) is 0 Å². The van der Waals surface area contributed by atoms with E-state index in [4.69, 9.17) is 15.7 Å². The zero-order valence-electron chi connectivity index (χ0n) is 8.35. The van der Waals surface area contributed by atoms with E-state index >= 15 is 0 Å². The van der Waals surface area contributed by atoms with Gasteiger partial charge in [-0.1, -0.05) is 12.1 Å². The summed E-state index contributed by atoms with van der Waals surface area (Å²) >= 11 is 0. The Hall–Kier alpha value is -1.78. The standard InChI is InChI=1S/C10H13FN2O2/c1-7(10(12)13-14)6-15-9-4-2-8(11)3-5-9/h2-5,7,14H,6H2,1H3,(H2,12,13). The first-order valence-corrected chi connectivity index (χ1v) is 4.49. The predicted molar refractivity (Wildman–Crippen MR) is 54.5 cm³/mol. The average molecular weight is 212 g/mol. The van der Waals surface area contributed by atoms with Crippen molar-refractivity contribution in [2.24, 2.45) is 16.8 Å². The van der Waals surface area contributed by atoms with Crippen LogP contribution in [0.2, 0.25) is 0 Å². The number of hydrogen-bond donors (Lipinski definition) is 2. The molecule has 1 atom stereocenters. The molecule has 1 aromatic carbocycles. The minimum Gasteiger partial charge on any atom is -0.493 e. The van der Waals surface area contributed by atoms with Gasteiger partial charge in [0.25, 0.3) is 0 Å². The fourth-order valence-electron chi connectivity index (χ4n) is 0.936. The molecule has 15 heavy (non-hydrogen) atoms. The van der Waals surface area contributed by atoms with Crippen molar-refractivity contribution in [3.8, 4) is 5.75 Å². The molecule has 1 rings (SSSR count). The summed E-state index contributed by atoms with van der Waals surface area (Å²) in [6.07, 6.45) is 0. The van der Waals surface area contributed by atoms with E-state index in [1.54, 1.807) is 6.92 Å². The molecule has 1 aromatic rings. The minimum absolute atomic E-state index is 0.108. The van der Waals surface area contributed by atoms with Crippen molar-refractivity contribution in [3.05, 3.63) is 30.1 Å². The van der Waals surface area contributed by atoms with Crippen LogP contribution in [0, 0.1) is 11.7 Å². The zero-order valence-corrected chi connectivity index (χ0v) is 8.35. The Morgan fingerprint density at radius 2 is 2.13 bits per heavy atom. The van der Waals surface area contributed by atoms with Crippen LogP contribution >= 0.6 is 0 Å². The highest BCUT2D eigenvalue weighted by atomic mass is 19.1. The summed E-state index contributed by atoms with van der Waals surface area (Å²) in [5.74, 6) is 0.151. The van der Waals surface area contributed by atoms with Gasteiger partial charge in [-0.05, 0) is 24.3 Å². The molecule has 82 valence electrons. The van der Waals surface area contributed by atoms with Crippen molar-refractivity contribution in [3.63, 3.8) is 0 Å². The molecule has 0 aliphatic rings. The van der Waals surface area contributed by atoms with Gasteiger partial charge in [-0.3, -0.25) is 0 Å². The van der Waals surface area contributed by atoms with Gasteiger partial charge < -0.3 is 15.7 Å².